The molecule has 1 saturated carbocycles. The Labute approximate surface area is 151 Å². The van der Waals surface area contributed by atoms with Crippen molar-refractivity contribution in [2.24, 2.45) is 5.92 Å². The molecule has 0 aromatic heterocycles. The fourth-order valence-electron chi connectivity index (χ4n) is 3.96. The van der Waals surface area contributed by atoms with Crippen LogP contribution >= 0.6 is 0 Å². The van der Waals surface area contributed by atoms with Gasteiger partial charge in [-0.25, -0.2) is 0 Å². The third-order valence-corrected chi connectivity index (χ3v) is 5.39. The third-order valence-electron chi connectivity index (χ3n) is 5.39. The highest BCUT2D eigenvalue weighted by Gasteiger charge is 2.42. The molecule has 5 nitrogen and oxygen atoms in total. The van der Waals surface area contributed by atoms with E-state index in [1.165, 1.54) is 18.4 Å². The van der Waals surface area contributed by atoms with Crippen LogP contribution in [0, 0.1) is 5.92 Å². The molecule has 25 heavy (non-hydrogen) atoms. The Bertz CT molecular complexity index is 520. The Kier molecular flexibility index (Phi) is 6.70. The van der Waals surface area contributed by atoms with Crippen LogP contribution in [0.25, 0.3) is 0 Å². The molecule has 5 heteroatoms. The smallest absolute Gasteiger partial charge is 0.118 e. The average molecular weight is 348 g/mol. The number of morpholine rings is 1. The summed E-state index contributed by atoms with van der Waals surface area (Å²) in [5.41, 5.74) is 1.34. The second-order valence-corrected chi connectivity index (χ2v) is 7.44. The number of rotatable bonds is 8. The van der Waals surface area contributed by atoms with Crippen LogP contribution in [0.3, 0.4) is 0 Å². The van der Waals surface area contributed by atoms with E-state index < -0.39 is 0 Å². The van der Waals surface area contributed by atoms with Gasteiger partial charge in [-0.2, -0.15) is 0 Å². The van der Waals surface area contributed by atoms with Gasteiger partial charge in [0.1, 0.15) is 5.75 Å². The van der Waals surface area contributed by atoms with E-state index in [1.807, 2.05) is 12.1 Å². The quantitative estimate of drug-likeness (QED) is 0.673. The number of ether oxygens (including phenoxy) is 3. The van der Waals surface area contributed by atoms with E-state index in [2.05, 4.69) is 36.0 Å². The number of methoxy groups -OCH3 is 1. The molecular formula is C20H32N2O3. The lowest BCUT2D eigenvalue weighted by molar-refractivity contribution is -0.0883. The Morgan fingerprint density at radius 2 is 2.00 bits per heavy atom. The maximum atomic E-state index is 6.15. The number of hydrogen-bond donors (Lipinski definition) is 0. The van der Waals surface area contributed by atoms with E-state index in [0.717, 1.165) is 45.2 Å². The van der Waals surface area contributed by atoms with Crippen LogP contribution in [0.5, 0.6) is 5.75 Å². The predicted molar refractivity (Wildman–Crippen MR) is 99.0 cm³/mol. The molecule has 3 atom stereocenters. The predicted octanol–water partition coefficient (Wildman–Crippen LogP) is 2.25. The lowest BCUT2D eigenvalue weighted by Gasteiger charge is -2.39. The van der Waals surface area contributed by atoms with Crippen molar-refractivity contribution in [2.75, 3.05) is 54.1 Å². The molecule has 1 aliphatic heterocycles. The van der Waals surface area contributed by atoms with Crippen LogP contribution in [0.2, 0.25) is 0 Å². The number of benzene rings is 1. The second-order valence-electron chi connectivity index (χ2n) is 7.44. The largest absolute Gasteiger partial charge is 0.497 e. The minimum atomic E-state index is 0.325. The van der Waals surface area contributed by atoms with Crippen LogP contribution in [0.15, 0.2) is 24.3 Å². The number of nitrogens with zero attached hydrogens (tertiary/aromatic N) is 2. The summed E-state index contributed by atoms with van der Waals surface area (Å²) in [5.74, 6) is 1.45. The average Bonchev–Trinajstić information content (AvgIpc) is 3.03. The molecule has 140 valence electrons. The summed E-state index contributed by atoms with van der Waals surface area (Å²) in [7, 11) is 5.87. The monoisotopic (exact) mass is 348 g/mol. The first-order valence-electron chi connectivity index (χ1n) is 9.38. The second kappa shape index (κ2) is 8.99. The number of likely N-dealkylation sites (N-methyl/N-ethyl adjacent to an activating group) is 1. The zero-order valence-electron chi connectivity index (χ0n) is 15.8. The summed E-state index contributed by atoms with van der Waals surface area (Å²) in [6.45, 7) is 5.43. The molecule has 0 amide bonds. The summed E-state index contributed by atoms with van der Waals surface area (Å²) >= 11 is 0. The molecule has 3 rings (SSSR count). The van der Waals surface area contributed by atoms with Gasteiger partial charge in [0.05, 0.1) is 33.0 Å². The molecule has 1 aliphatic carbocycles. The first-order valence-corrected chi connectivity index (χ1v) is 9.38. The molecule has 2 fully saturated rings. The van der Waals surface area contributed by atoms with Gasteiger partial charge < -0.3 is 19.1 Å². The summed E-state index contributed by atoms with van der Waals surface area (Å²) in [6, 6.07) is 8.95. The van der Waals surface area contributed by atoms with E-state index in [0.29, 0.717) is 18.1 Å². The van der Waals surface area contributed by atoms with E-state index in [1.54, 1.807) is 7.11 Å². The zero-order chi connectivity index (χ0) is 17.6. The van der Waals surface area contributed by atoms with Crippen LogP contribution < -0.4 is 4.74 Å². The highest BCUT2D eigenvalue weighted by atomic mass is 16.5. The van der Waals surface area contributed by atoms with E-state index in [4.69, 9.17) is 14.2 Å². The highest BCUT2D eigenvalue weighted by molar-refractivity contribution is 5.27. The van der Waals surface area contributed by atoms with Gasteiger partial charge in [-0.1, -0.05) is 12.1 Å². The van der Waals surface area contributed by atoms with Crippen molar-refractivity contribution < 1.29 is 14.2 Å². The molecule has 0 spiro atoms. The molecule has 1 heterocycles. The Hall–Kier alpha value is -1.14. The fraction of sp³-hybridized carbons (Fsp3) is 0.700. The SMILES string of the molecule is COc1ccc(CN2CCO[C@@H]3[C@H](COCCN(C)C)CC[C@H]32)cc1. The van der Waals surface area contributed by atoms with Gasteiger partial charge in [0, 0.05) is 31.6 Å². The standard InChI is InChI=1S/C20H32N2O3/c1-21(2)10-12-24-15-17-6-9-19-20(17)25-13-11-22(19)14-16-4-7-18(23-3)8-5-16/h4-5,7-8,17,19-20H,6,9-15H2,1-3H3/t17-,19+,20+/m0/s1. The van der Waals surface area contributed by atoms with Crippen molar-refractivity contribution in [1.82, 2.24) is 9.80 Å². The van der Waals surface area contributed by atoms with E-state index in [-0.39, 0.29) is 0 Å². The molecule has 1 saturated heterocycles. The zero-order valence-corrected chi connectivity index (χ0v) is 15.8. The highest BCUT2D eigenvalue weighted by Crippen LogP contribution is 2.35. The topological polar surface area (TPSA) is 34.2 Å². The van der Waals surface area contributed by atoms with Crippen LogP contribution in [0.1, 0.15) is 18.4 Å². The maximum absolute atomic E-state index is 6.15. The van der Waals surface area contributed by atoms with Gasteiger partial charge in [0.15, 0.2) is 0 Å². The summed E-state index contributed by atoms with van der Waals surface area (Å²) in [6.07, 6.45) is 2.74. The van der Waals surface area contributed by atoms with Gasteiger partial charge in [-0.05, 0) is 44.6 Å². The Morgan fingerprint density at radius 1 is 1.20 bits per heavy atom. The molecular weight excluding hydrogens is 316 g/mol. The van der Waals surface area contributed by atoms with Crippen molar-refractivity contribution in [1.29, 1.82) is 0 Å². The van der Waals surface area contributed by atoms with Gasteiger partial charge in [0.25, 0.3) is 0 Å². The maximum Gasteiger partial charge on any atom is 0.118 e. The summed E-state index contributed by atoms with van der Waals surface area (Å²) in [5, 5.41) is 0. The molecule has 1 aromatic rings. The van der Waals surface area contributed by atoms with Crippen molar-refractivity contribution in [3.05, 3.63) is 29.8 Å². The lowest BCUT2D eigenvalue weighted by Crippen LogP contribution is -2.50. The van der Waals surface area contributed by atoms with Gasteiger partial charge >= 0.3 is 0 Å². The fourth-order valence-corrected chi connectivity index (χ4v) is 3.96. The van der Waals surface area contributed by atoms with Gasteiger partial charge in [-0.3, -0.25) is 4.90 Å². The van der Waals surface area contributed by atoms with E-state index >= 15 is 0 Å². The van der Waals surface area contributed by atoms with Crippen molar-refractivity contribution in [2.45, 2.75) is 31.5 Å². The molecule has 2 aliphatic rings. The molecule has 0 bridgehead atoms. The molecule has 1 aromatic carbocycles. The van der Waals surface area contributed by atoms with Crippen LogP contribution in [0.4, 0.5) is 0 Å². The van der Waals surface area contributed by atoms with Gasteiger partial charge in [-0.15, -0.1) is 0 Å². The molecule has 0 radical (unpaired) electrons. The first kappa shape index (κ1) is 18.6. The summed E-state index contributed by atoms with van der Waals surface area (Å²) < 4.78 is 17.3. The van der Waals surface area contributed by atoms with Crippen LogP contribution in [-0.4, -0.2) is 76.1 Å². The Balaban J connectivity index is 1.52. The normalized spacial score (nSPS) is 26.8. The van der Waals surface area contributed by atoms with Crippen LogP contribution in [-0.2, 0) is 16.0 Å². The molecule has 0 unspecified atom stereocenters. The van der Waals surface area contributed by atoms with Crippen molar-refractivity contribution in [3.63, 3.8) is 0 Å². The lowest BCUT2D eigenvalue weighted by atomic mass is 10.0. The Morgan fingerprint density at radius 3 is 2.72 bits per heavy atom. The van der Waals surface area contributed by atoms with Crippen molar-refractivity contribution >= 4 is 0 Å². The van der Waals surface area contributed by atoms with E-state index in [9.17, 15) is 0 Å². The third kappa shape index (κ3) is 4.94. The number of hydrogen-bond acceptors (Lipinski definition) is 5. The molecule has 0 N–H and O–H groups in total. The van der Waals surface area contributed by atoms with Crippen molar-refractivity contribution in [3.8, 4) is 5.75 Å². The van der Waals surface area contributed by atoms with Gasteiger partial charge in [0.2, 0.25) is 0 Å². The summed E-state index contributed by atoms with van der Waals surface area (Å²) in [4.78, 5) is 4.75. The number of fused-ring (bicyclic) bond motifs is 1. The first-order chi connectivity index (χ1) is 12.2. The minimum absolute atomic E-state index is 0.325. The minimum Gasteiger partial charge on any atom is -0.497 e.